The first kappa shape index (κ1) is 20.0. The number of carbonyl (C=O) groups is 2. The van der Waals surface area contributed by atoms with Gasteiger partial charge in [-0.15, -0.1) is 0 Å². The number of nitrogens with one attached hydrogen (secondary N) is 2. The molecule has 1 unspecified atom stereocenters. The first-order chi connectivity index (χ1) is 13.5. The minimum Gasteiger partial charge on any atom is -0.381 e. The molecule has 0 saturated carbocycles. The van der Waals surface area contributed by atoms with Crippen LogP contribution in [0, 0.1) is 5.41 Å². The van der Waals surface area contributed by atoms with Crippen LogP contribution in [0.3, 0.4) is 0 Å². The highest BCUT2D eigenvalue weighted by atomic mass is 16.5. The second-order valence-electron chi connectivity index (χ2n) is 7.24. The summed E-state index contributed by atoms with van der Waals surface area (Å²) < 4.78 is 5.38. The first-order valence-corrected chi connectivity index (χ1v) is 9.59. The van der Waals surface area contributed by atoms with Crippen LogP contribution in [0.1, 0.15) is 41.7 Å². The Labute approximate surface area is 165 Å². The Morgan fingerprint density at radius 3 is 2.50 bits per heavy atom. The third kappa shape index (κ3) is 4.58. The molecular formula is C22H27N3O3. The highest BCUT2D eigenvalue weighted by Crippen LogP contribution is 2.30. The molecule has 1 aliphatic rings. The lowest BCUT2D eigenvalue weighted by atomic mass is 9.79. The van der Waals surface area contributed by atoms with Gasteiger partial charge >= 0.3 is 0 Å². The van der Waals surface area contributed by atoms with Gasteiger partial charge in [-0.1, -0.05) is 30.3 Å². The Kier molecular flexibility index (Phi) is 6.44. The van der Waals surface area contributed by atoms with Crippen LogP contribution >= 0.6 is 0 Å². The van der Waals surface area contributed by atoms with Crippen LogP contribution in [0.4, 0.5) is 5.69 Å². The Bertz CT molecular complexity index is 817. The number of benzene rings is 2. The van der Waals surface area contributed by atoms with Gasteiger partial charge in [0, 0.05) is 31.0 Å². The molecule has 28 heavy (non-hydrogen) atoms. The molecule has 3 rings (SSSR count). The van der Waals surface area contributed by atoms with Gasteiger partial charge in [-0.3, -0.25) is 9.59 Å². The zero-order valence-electron chi connectivity index (χ0n) is 16.1. The van der Waals surface area contributed by atoms with Crippen LogP contribution in [-0.2, 0) is 9.53 Å². The van der Waals surface area contributed by atoms with Crippen molar-refractivity contribution in [3.05, 3.63) is 65.7 Å². The van der Waals surface area contributed by atoms with Gasteiger partial charge in [0.2, 0.25) is 5.91 Å². The Balaban J connectivity index is 1.67. The molecule has 148 valence electrons. The summed E-state index contributed by atoms with van der Waals surface area (Å²) in [6, 6.07) is 16.4. The number of ether oxygens (including phenoxy) is 1. The monoisotopic (exact) mass is 381 g/mol. The summed E-state index contributed by atoms with van der Waals surface area (Å²) in [5, 5.41) is 5.98. The molecule has 0 aliphatic carbocycles. The number of rotatable bonds is 6. The van der Waals surface area contributed by atoms with Gasteiger partial charge < -0.3 is 21.1 Å². The van der Waals surface area contributed by atoms with Crippen LogP contribution in [0.15, 0.2) is 54.6 Å². The molecule has 1 aliphatic heterocycles. The van der Waals surface area contributed by atoms with E-state index in [9.17, 15) is 9.59 Å². The molecule has 1 fully saturated rings. The molecule has 6 nitrogen and oxygen atoms in total. The molecule has 0 aromatic heterocycles. The number of hydrogen-bond donors (Lipinski definition) is 3. The minimum absolute atomic E-state index is 0.0375. The Morgan fingerprint density at radius 2 is 1.82 bits per heavy atom. The molecule has 1 atom stereocenters. The normalized spacial score (nSPS) is 16.8. The van der Waals surface area contributed by atoms with E-state index in [1.54, 1.807) is 12.1 Å². The van der Waals surface area contributed by atoms with E-state index in [0.717, 1.165) is 5.56 Å². The van der Waals surface area contributed by atoms with E-state index in [2.05, 4.69) is 10.6 Å². The number of anilines is 1. The van der Waals surface area contributed by atoms with E-state index in [1.807, 2.05) is 49.4 Å². The highest BCUT2D eigenvalue weighted by molar-refractivity contribution is 6.04. The van der Waals surface area contributed by atoms with Crippen LogP contribution in [0.25, 0.3) is 0 Å². The number of amides is 2. The van der Waals surface area contributed by atoms with Gasteiger partial charge in [-0.25, -0.2) is 0 Å². The highest BCUT2D eigenvalue weighted by Gasteiger charge is 2.39. The summed E-state index contributed by atoms with van der Waals surface area (Å²) in [4.78, 5) is 25.2. The fraction of sp³-hybridized carbons (Fsp3) is 0.364. The molecule has 0 radical (unpaired) electrons. The van der Waals surface area contributed by atoms with Crippen molar-refractivity contribution in [2.24, 2.45) is 11.1 Å². The maximum absolute atomic E-state index is 12.9. The number of hydrogen-bond acceptors (Lipinski definition) is 4. The number of carbonyl (C=O) groups excluding carboxylic acids is 2. The smallest absolute Gasteiger partial charge is 0.255 e. The van der Waals surface area contributed by atoms with Crippen molar-refractivity contribution in [1.29, 1.82) is 0 Å². The van der Waals surface area contributed by atoms with Crippen molar-refractivity contribution in [3.63, 3.8) is 0 Å². The third-order valence-corrected chi connectivity index (χ3v) is 5.35. The van der Waals surface area contributed by atoms with Gasteiger partial charge in [-0.2, -0.15) is 0 Å². The fourth-order valence-electron chi connectivity index (χ4n) is 3.40. The second kappa shape index (κ2) is 8.99. The predicted molar refractivity (Wildman–Crippen MR) is 109 cm³/mol. The molecule has 6 heteroatoms. The summed E-state index contributed by atoms with van der Waals surface area (Å²) in [6.07, 6.45) is 1.27. The molecule has 2 aromatic carbocycles. The zero-order chi connectivity index (χ0) is 20.0. The summed E-state index contributed by atoms with van der Waals surface area (Å²) in [5.74, 6) is -0.205. The molecule has 2 amide bonds. The van der Waals surface area contributed by atoms with Crippen molar-refractivity contribution < 1.29 is 14.3 Å². The topological polar surface area (TPSA) is 93.5 Å². The van der Waals surface area contributed by atoms with Crippen molar-refractivity contribution in [3.8, 4) is 0 Å². The van der Waals surface area contributed by atoms with Gasteiger partial charge in [-0.05, 0) is 49.6 Å². The molecule has 1 saturated heterocycles. The summed E-state index contributed by atoms with van der Waals surface area (Å²) in [6.45, 7) is 3.35. The summed E-state index contributed by atoms with van der Waals surface area (Å²) >= 11 is 0. The van der Waals surface area contributed by atoms with E-state index < -0.39 is 5.41 Å². The van der Waals surface area contributed by atoms with Crippen LogP contribution in [0.2, 0.25) is 0 Å². The quantitative estimate of drug-likeness (QED) is 0.717. The lowest BCUT2D eigenvalue weighted by molar-refractivity contribution is -0.136. The zero-order valence-corrected chi connectivity index (χ0v) is 16.1. The minimum atomic E-state index is -0.564. The largest absolute Gasteiger partial charge is 0.381 e. The second-order valence-corrected chi connectivity index (χ2v) is 7.24. The first-order valence-electron chi connectivity index (χ1n) is 9.59. The molecule has 1 heterocycles. The summed E-state index contributed by atoms with van der Waals surface area (Å²) in [7, 11) is 0. The van der Waals surface area contributed by atoms with Crippen molar-refractivity contribution >= 4 is 17.5 Å². The predicted octanol–water partition coefficient (Wildman–Crippen LogP) is 2.87. The average Bonchev–Trinajstić information content (AvgIpc) is 2.75. The number of nitrogens with two attached hydrogens (primary N) is 1. The van der Waals surface area contributed by atoms with E-state index in [0.29, 0.717) is 43.9 Å². The molecule has 0 bridgehead atoms. The van der Waals surface area contributed by atoms with Crippen LogP contribution in [-0.4, -0.2) is 31.6 Å². The van der Waals surface area contributed by atoms with Crippen LogP contribution in [0.5, 0.6) is 0 Å². The van der Waals surface area contributed by atoms with Gasteiger partial charge in [0.25, 0.3) is 5.91 Å². The molecule has 4 N–H and O–H groups in total. The molecular weight excluding hydrogens is 354 g/mol. The average molecular weight is 381 g/mol. The lowest BCUT2D eigenvalue weighted by Crippen LogP contribution is -2.49. The molecule has 2 aromatic rings. The van der Waals surface area contributed by atoms with Gasteiger partial charge in [0.15, 0.2) is 0 Å². The van der Waals surface area contributed by atoms with Gasteiger partial charge in [0.05, 0.1) is 11.5 Å². The fourth-order valence-corrected chi connectivity index (χ4v) is 3.40. The Morgan fingerprint density at radius 1 is 1.11 bits per heavy atom. The van der Waals surface area contributed by atoms with E-state index in [1.165, 1.54) is 0 Å². The Hall–Kier alpha value is -2.70. The molecule has 0 spiro atoms. The van der Waals surface area contributed by atoms with E-state index in [-0.39, 0.29) is 17.9 Å². The lowest BCUT2D eigenvalue weighted by Gasteiger charge is -2.35. The van der Waals surface area contributed by atoms with E-state index >= 15 is 0 Å². The standard InChI is InChI=1S/C22H27N3O3/c1-16(24-21(27)22(15-23)10-12-28-13-11-22)18-8-5-9-19(14-18)25-20(26)17-6-3-2-4-7-17/h2-9,14,16H,10-13,15,23H2,1H3,(H,24,27)(H,25,26). The maximum atomic E-state index is 12.9. The summed E-state index contributed by atoms with van der Waals surface area (Å²) in [5.41, 5.74) is 7.56. The third-order valence-electron chi connectivity index (χ3n) is 5.35. The SMILES string of the molecule is CC(NC(=O)C1(CN)CCOCC1)c1cccc(NC(=O)c2ccccc2)c1. The van der Waals surface area contributed by atoms with Crippen molar-refractivity contribution in [2.45, 2.75) is 25.8 Å². The van der Waals surface area contributed by atoms with Crippen LogP contribution < -0.4 is 16.4 Å². The van der Waals surface area contributed by atoms with E-state index in [4.69, 9.17) is 10.5 Å². The van der Waals surface area contributed by atoms with Crippen molar-refractivity contribution in [2.75, 3.05) is 25.1 Å². The van der Waals surface area contributed by atoms with Gasteiger partial charge in [0.1, 0.15) is 0 Å². The van der Waals surface area contributed by atoms with Crippen molar-refractivity contribution in [1.82, 2.24) is 5.32 Å². The maximum Gasteiger partial charge on any atom is 0.255 e.